The molecule has 1 aromatic rings. The summed E-state index contributed by atoms with van der Waals surface area (Å²) in [6.07, 6.45) is 0.744. The SMILES string of the molecule is CC/C(=N\OC)c1cc(Cl)ccc1Cl. The molecule has 0 atom stereocenters. The summed E-state index contributed by atoms with van der Waals surface area (Å²) in [4.78, 5) is 4.73. The summed E-state index contributed by atoms with van der Waals surface area (Å²) in [5, 5.41) is 5.16. The Morgan fingerprint density at radius 1 is 1.43 bits per heavy atom. The van der Waals surface area contributed by atoms with E-state index in [0.29, 0.717) is 10.0 Å². The van der Waals surface area contributed by atoms with Crippen LogP contribution in [0.4, 0.5) is 0 Å². The minimum Gasteiger partial charge on any atom is -0.399 e. The normalized spacial score (nSPS) is 11.6. The molecule has 0 fully saturated rings. The topological polar surface area (TPSA) is 21.6 Å². The van der Waals surface area contributed by atoms with Crippen molar-refractivity contribution in [1.29, 1.82) is 0 Å². The van der Waals surface area contributed by atoms with Gasteiger partial charge in [-0.1, -0.05) is 35.3 Å². The van der Waals surface area contributed by atoms with Crippen LogP contribution in [0, 0.1) is 0 Å². The monoisotopic (exact) mass is 231 g/mol. The van der Waals surface area contributed by atoms with Gasteiger partial charge in [-0.05, 0) is 24.6 Å². The fourth-order valence-electron chi connectivity index (χ4n) is 1.13. The molecule has 0 heterocycles. The number of benzene rings is 1. The number of hydrogen-bond acceptors (Lipinski definition) is 2. The summed E-state index contributed by atoms with van der Waals surface area (Å²) in [7, 11) is 1.51. The summed E-state index contributed by atoms with van der Waals surface area (Å²) in [6.45, 7) is 1.98. The highest BCUT2D eigenvalue weighted by atomic mass is 35.5. The van der Waals surface area contributed by atoms with Crippen LogP contribution < -0.4 is 0 Å². The molecule has 0 amide bonds. The van der Waals surface area contributed by atoms with Gasteiger partial charge in [0.15, 0.2) is 0 Å². The molecule has 0 bridgehead atoms. The third-order valence-electron chi connectivity index (χ3n) is 1.78. The molecule has 0 spiro atoms. The third-order valence-corrected chi connectivity index (χ3v) is 2.34. The van der Waals surface area contributed by atoms with Crippen molar-refractivity contribution < 1.29 is 4.84 Å². The first-order valence-electron chi connectivity index (χ1n) is 4.24. The van der Waals surface area contributed by atoms with Crippen molar-refractivity contribution in [3.63, 3.8) is 0 Å². The second-order valence-corrected chi connectivity index (χ2v) is 3.54. The molecule has 76 valence electrons. The molecular formula is C10H11Cl2NO. The molecule has 0 aliphatic carbocycles. The molecule has 0 unspecified atom stereocenters. The Balaban J connectivity index is 3.15. The van der Waals surface area contributed by atoms with Gasteiger partial charge in [-0.15, -0.1) is 0 Å². The van der Waals surface area contributed by atoms with Gasteiger partial charge in [-0.25, -0.2) is 0 Å². The highest BCUT2D eigenvalue weighted by Gasteiger charge is 2.07. The summed E-state index contributed by atoms with van der Waals surface area (Å²) >= 11 is 11.9. The molecule has 0 saturated heterocycles. The maximum atomic E-state index is 6.01. The fraction of sp³-hybridized carbons (Fsp3) is 0.300. The van der Waals surface area contributed by atoms with Crippen LogP contribution in [0.5, 0.6) is 0 Å². The van der Waals surface area contributed by atoms with Crippen LogP contribution >= 0.6 is 23.2 Å². The van der Waals surface area contributed by atoms with Gasteiger partial charge in [0.1, 0.15) is 7.11 Å². The van der Waals surface area contributed by atoms with E-state index in [1.54, 1.807) is 18.2 Å². The van der Waals surface area contributed by atoms with Crippen LogP contribution in [0.15, 0.2) is 23.4 Å². The number of rotatable bonds is 3. The molecule has 4 heteroatoms. The Kier molecular flexibility index (Phi) is 4.23. The second kappa shape index (κ2) is 5.23. The van der Waals surface area contributed by atoms with Crippen molar-refractivity contribution in [1.82, 2.24) is 0 Å². The standard InChI is InChI=1S/C10H11Cl2NO/c1-3-10(13-14-2)8-6-7(11)4-5-9(8)12/h4-6H,3H2,1-2H3/b13-10+. The van der Waals surface area contributed by atoms with Crippen molar-refractivity contribution in [2.24, 2.45) is 5.16 Å². The summed E-state index contributed by atoms with van der Waals surface area (Å²) in [5.74, 6) is 0. The minimum atomic E-state index is 0.632. The van der Waals surface area contributed by atoms with E-state index in [2.05, 4.69) is 5.16 Å². The Bertz CT molecular complexity index is 350. The first-order valence-corrected chi connectivity index (χ1v) is 5.00. The third kappa shape index (κ3) is 2.63. The first kappa shape index (κ1) is 11.3. The van der Waals surface area contributed by atoms with Gasteiger partial charge in [-0.3, -0.25) is 0 Å². The Morgan fingerprint density at radius 2 is 2.14 bits per heavy atom. The van der Waals surface area contributed by atoms with E-state index >= 15 is 0 Å². The molecule has 0 aliphatic rings. The Hall–Kier alpha value is -0.730. The number of nitrogens with zero attached hydrogens (tertiary/aromatic N) is 1. The van der Waals surface area contributed by atoms with Gasteiger partial charge in [0, 0.05) is 15.6 Å². The van der Waals surface area contributed by atoms with Crippen LogP contribution in [0.2, 0.25) is 10.0 Å². The second-order valence-electron chi connectivity index (χ2n) is 2.70. The van der Waals surface area contributed by atoms with Crippen molar-refractivity contribution in [3.8, 4) is 0 Å². The van der Waals surface area contributed by atoms with Gasteiger partial charge < -0.3 is 4.84 Å². The van der Waals surface area contributed by atoms with E-state index in [9.17, 15) is 0 Å². The van der Waals surface area contributed by atoms with E-state index in [1.807, 2.05) is 6.92 Å². The molecule has 0 aliphatic heterocycles. The lowest BCUT2D eigenvalue weighted by molar-refractivity contribution is 0.213. The molecule has 0 radical (unpaired) electrons. The van der Waals surface area contributed by atoms with Crippen LogP contribution in [0.3, 0.4) is 0 Å². The average Bonchev–Trinajstić information content (AvgIpc) is 2.18. The number of hydrogen-bond donors (Lipinski definition) is 0. The van der Waals surface area contributed by atoms with Crippen molar-refractivity contribution in [2.75, 3.05) is 7.11 Å². The first-order chi connectivity index (χ1) is 6.69. The van der Waals surface area contributed by atoms with Crippen molar-refractivity contribution >= 4 is 28.9 Å². The molecular weight excluding hydrogens is 221 g/mol. The summed E-state index contributed by atoms with van der Waals surface area (Å²) in [5.41, 5.74) is 1.61. The number of halogens is 2. The molecule has 0 saturated carbocycles. The van der Waals surface area contributed by atoms with Crippen LogP contribution in [0.1, 0.15) is 18.9 Å². The van der Waals surface area contributed by atoms with Crippen molar-refractivity contribution in [3.05, 3.63) is 33.8 Å². The largest absolute Gasteiger partial charge is 0.399 e. The predicted octanol–water partition coefficient (Wildman–Crippen LogP) is 3.75. The van der Waals surface area contributed by atoms with E-state index in [0.717, 1.165) is 17.7 Å². The fourth-order valence-corrected chi connectivity index (χ4v) is 1.53. The lowest BCUT2D eigenvalue weighted by atomic mass is 10.1. The van der Waals surface area contributed by atoms with Gasteiger partial charge in [-0.2, -0.15) is 0 Å². The zero-order valence-corrected chi connectivity index (χ0v) is 9.56. The van der Waals surface area contributed by atoms with Gasteiger partial charge in [0.25, 0.3) is 0 Å². The van der Waals surface area contributed by atoms with Gasteiger partial charge >= 0.3 is 0 Å². The Labute approximate surface area is 93.5 Å². The maximum Gasteiger partial charge on any atom is 0.106 e. The summed E-state index contributed by atoms with van der Waals surface area (Å²) in [6, 6.07) is 5.28. The quantitative estimate of drug-likeness (QED) is 0.574. The lowest BCUT2D eigenvalue weighted by Crippen LogP contribution is -2.00. The van der Waals surface area contributed by atoms with Crippen LogP contribution in [0.25, 0.3) is 0 Å². The highest BCUT2D eigenvalue weighted by Crippen LogP contribution is 2.22. The van der Waals surface area contributed by atoms with Crippen molar-refractivity contribution in [2.45, 2.75) is 13.3 Å². The average molecular weight is 232 g/mol. The highest BCUT2D eigenvalue weighted by molar-refractivity contribution is 6.36. The van der Waals surface area contributed by atoms with Gasteiger partial charge in [0.2, 0.25) is 0 Å². The van der Waals surface area contributed by atoms with Crippen LogP contribution in [-0.4, -0.2) is 12.8 Å². The lowest BCUT2D eigenvalue weighted by Gasteiger charge is -2.05. The number of oxime groups is 1. The smallest absolute Gasteiger partial charge is 0.106 e. The molecule has 1 aromatic carbocycles. The molecule has 1 rings (SSSR count). The van der Waals surface area contributed by atoms with Gasteiger partial charge in [0.05, 0.1) is 5.71 Å². The van der Waals surface area contributed by atoms with E-state index < -0.39 is 0 Å². The zero-order valence-electron chi connectivity index (χ0n) is 8.05. The molecule has 14 heavy (non-hydrogen) atoms. The maximum absolute atomic E-state index is 6.01. The Morgan fingerprint density at radius 3 is 2.71 bits per heavy atom. The summed E-state index contributed by atoms with van der Waals surface area (Å²) < 4.78 is 0. The zero-order chi connectivity index (χ0) is 10.6. The van der Waals surface area contributed by atoms with Crippen LogP contribution in [-0.2, 0) is 4.84 Å². The minimum absolute atomic E-state index is 0.632. The van der Waals surface area contributed by atoms with E-state index in [1.165, 1.54) is 7.11 Å². The van der Waals surface area contributed by atoms with E-state index in [4.69, 9.17) is 28.0 Å². The predicted molar refractivity (Wildman–Crippen MR) is 60.3 cm³/mol. The molecule has 0 N–H and O–H groups in total. The van der Waals surface area contributed by atoms with E-state index in [-0.39, 0.29) is 0 Å². The molecule has 0 aromatic heterocycles. The molecule has 2 nitrogen and oxygen atoms in total.